The minimum Gasteiger partial charge on any atom is -0.483 e. The standard InChI is InChI=1S/C17H18N2O2S2/c20-17-18-10-15(19-17)12-22-7-6-21-16-9-14(11-23-16)8-13-4-2-1-3-5-13/h1-5,9-11H,6-8,12H2,(H2,18,19,20). The number of aromatic amines is 2. The lowest BCUT2D eigenvalue weighted by atomic mass is 10.1. The second-order valence-corrected chi connectivity index (χ2v) is 7.08. The highest BCUT2D eigenvalue weighted by molar-refractivity contribution is 7.98. The molecule has 0 saturated carbocycles. The number of hydrogen-bond donors (Lipinski definition) is 2. The minimum absolute atomic E-state index is 0.151. The van der Waals surface area contributed by atoms with Crippen LogP contribution in [0.4, 0.5) is 0 Å². The van der Waals surface area contributed by atoms with E-state index >= 15 is 0 Å². The molecule has 3 rings (SSSR count). The SMILES string of the molecule is O=c1[nH]cc(CSCCOc2cc(Cc3ccccc3)cs2)[nH]1. The molecule has 0 aliphatic heterocycles. The van der Waals surface area contributed by atoms with Gasteiger partial charge >= 0.3 is 5.69 Å². The molecule has 0 fully saturated rings. The largest absolute Gasteiger partial charge is 0.483 e. The average molecular weight is 346 g/mol. The molecule has 0 saturated heterocycles. The van der Waals surface area contributed by atoms with Crippen molar-refractivity contribution in [1.29, 1.82) is 0 Å². The monoisotopic (exact) mass is 346 g/mol. The van der Waals surface area contributed by atoms with Gasteiger partial charge < -0.3 is 14.7 Å². The first-order valence-electron chi connectivity index (χ1n) is 7.38. The molecule has 3 aromatic rings. The first kappa shape index (κ1) is 16.0. The number of thiophene rings is 1. The van der Waals surface area contributed by atoms with Crippen LogP contribution in [0.25, 0.3) is 0 Å². The third-order valence-corrected chi connectivity index (χ3v) is 5.12. The Morgan fingerprint density at radius 3 is 2.83 bits per heavy atom. The Labute approximate surface area is 142 Å². The fraction of sp³-hybridized carbons (Fsp3) is 0.235. The van der Waals surface area contributed by atoms with E-state index in [0.717, 1.165) is 28.7 Å². The van der Waals surface area contributed by atoms with Crippen molar-refractivity contribution in [2.24, 2.45) is 0 Å². The number of aromatic nitrogens is 2. The van der Waals surface area contributed by atoms with Crippen LogP contribution in [0.3, 0.4) is 0 Å². The molecular weight excluding hydrogens is 328 g/mol. The molecule has 2 N–H and O–H groups in total. The van der Waals surface area contributed by atoms with Crippen molar-refractivity contribution in [1.82, 2.24) is 9.97 Å². The summed E-state index contributed by atoms with van der Waals surface area (Å²) < 4.78 is 5.79. The zero-order chi connectivity index (χ0) is 15.9. The second kappa shape index (κ2) is 8.08. The Morgan fingerprint density at radius 2 is 2.04 bits per heavy atom. The molecule has 0 amide bonds. The molecule has 2 aromatic heterocycles. The lowest BCUT2D eigenvalue weighted by Crippen LogP contribution is -2.01. The van der Waals surface area contributed by atoms with E-state index in [1.807, 2.05) is 6.07 Å². The van der Waals surface area contributed by atoms with Gasteiger partial charge in [-0.1, -0.05) is 30.3 Å². The molecular formula is C17H18N2O2S2. The van der Waals surface area contributed by atoms with E-state index in [1.54, 1.807) is 29.3 Å². The van der Waals surface area contributed by atoms with Crippen molar-refractivity contribution < 1.29 is 4.74 Å². The summed E-state index contributed by atoms with van der Waals surface area (Å²) >= 11 is 3.38. The Hall–Kier alpha value is -1.92. The van der Waals surface area contributed by atoms with Crippen molar-refractivity contribution >= 4 is 23.1 Å². The summed E-state index contributed by atoms with van der Waals surface area (Å²) in [6.45, 7) is 0.671. The lowest BCUT2D eigenvalue weighted by Gasteiger charge is -2.02. The number of imidazole rings is 1. The van der Waals surface area contributed by atoms with E-state index < -0.39 is 0 Å². The van der Waals surface area contributed by atoms with Crippen LogP contribution in [0.5, 0.6) is 5.06 Å². The third-order valence-electron chi connectivity index (χ3n) is 3.26. The van der Waals surface area contributed by atoms with Gasteiger partial charge in [0.1, 0.15) is 0 Å². The van der Waals surface area contributed by atoms with Gasteiger partial charge in [-0.3, -0.25) is 0 Å². The normalized spacial score (nSPS) is 10.8. The van der Waals surface area contributed by atoms with Crippen LogP contribution in [0.1, 0.15) is 16.8 Å². The maximum atomic E-state index is 11.0. The van der Waals surface area contributed by atoms with Crippen molar-refractivity contribution in [3.63, 3.8) is 0 Å². The summed E-state index contributed by atoms with van der Waals surface area (Å²) in [5.41, 5.74) is 3.37. The molecule has 0 bridgehead atoms. The second-order valence-electron chi connectivity index (χ2n) is 5.11. The smallest absolute Gasteiger partial charge is 0.323 e. The van der Waals surface area contributed by atoms with E-state index in [4.69, 9.17) is 4.74 Å². The maximum Gasteiger partial charge on any atom is 0.323 e. The van der Waals surface area contributed by atoms with Crippen LogP contribution in [0.2, 0.25) is 0 Å². The minimum atomic E-state index is -0.151. The molecule has 0 aliphatic rings. The molecule has 0 unspecified atom stereocenters. The number of nitrogens with one attached hydrogen (secondary N) is 2. The Kier molecular flexibility index (Phi) is 5.60. The summed E-state index contributed by atoms with van der Waals surface area (Å²) in [6, 6.07) is 12.6. The van der Waals surface area contributed by atoms with Gasteiger partial charge in [0.05, 0.1) is 6.61 Å². The number of thioether (sulfide) groups is 1. The van der Waals surface area contributed by atoms with Gasteiger partial charge in [-0.15, -0.1) is 11.3 Å². The van der Waals surface area contributed by atoms with Crippen LogP contribution in [0, 0.1) is 0 Å². The predicted octanol–water partition coefficient (Wildman–Crippen LogP) is 3.67. The van der Waals surface area contributed by atoms with Gasteiger partial charge in [0.25, 0.3) is 0 Å². The summed E-state index contributed by atoms with van der Waals surface area (Å²) in [6.07, 6.45) is 2.65. The van der Waals surface area contributed by atoms with Crippen molar-refractivity contribution in [2.75, 3.05) is 12.4 Å². The number of benzene rings is 1. The highest BCUT2D eigenvalue weighted by Crippen LogP contribution is 2.25. The summed E-state index contributed by atoms with van der Waals surface area (Å²) in [5.74, 6) is 1.67. The first-order valence-corrected chi connectivity index (χ1v) is 9.41. The maximum absolute atomic E-state index is 11.0. The topological polar surface area (TPSA) is 57.9 Å². The van der Waals surface area contributed by atoms with E-state index in [0.29, 0.717) is 6.61 Å². The molecule has 120 valence electrons. The highest BCUT2D eigenvalue weighted by Gasteiger charge is 2.03. The molecule has 0 aliphatic carbocycles. The number of hydrogen-bond acceptors (Lipinski definition) is 4. The molecule has 0 spiro atoms. The van der Waals surface area contributed by atoms with E-state index in [2.05, 4.69) is 45.7 Å². The molecule has 4 nitrogen and oxygen atoms in total. The van der Waals surface area contributed by atoms with Crippen LogP contribution >= 0.6 is 23.1 Å². The van der Waals surface area contributed by atoms with Gasteiger partial charge in [-0.05, 0) is 29.0 Å². The molecule has 2 heterocycles. The average Bonchev–Trinajstić information content (AvgIpc) is 3.17. The number of H-pyrrole nitrogens is 2. The van der Waals surface area contributed by atoms with Crippen LogP contribution < -0.4 is 10.4 Å². The summed E-state index contributed by atoms with van der Waals surface area (Å²) in [7, 11) is 0. The van der Waals surface area contributed by atoms with Crippen molar-refractivity contribution in [3.05, 3.63) is 75.3 Å². The number of rotatable bonds is 8. The predicted molar refractivity (Wildman–Crippen MR) is 96.6 cm³/mol. The fourth-order valence-electron chi connectivity index (χ4n) is 2.18. The van der Waals surface area contributed by atoms with E-state index in [1.165, 1.54) is 11.1 Å². The summed E-state index contributed by atoms with van der Waals surface area (Å²) in [5, 5.41) is 3.12. The summed E-state index contributed by atoms with van der Waals surface area (Å²) in [4.78, 5) is 16.3. The van der Waals surface area contributed by atoms with Gasteiger partial charge in [0.2, 0.25) is 0 Å². The highest BCUT2D eigenvalue weighted by atomic mass is 32.2. The van der Waals surface area contributed by atoms with E-state index in [9.17, 15) is 4.79 Å². The zero-order valence-corrected chi connectivity index (χ0v) is 14.2. The molecule has 23 heavy (non-hydrogen) atoms. The van der Waals surface area contributed by atoms with Crippen molar-refractivity contribution in [3.8, 4) is 5.06 Å². The Bertz CT molecular complexity index is 777. The van der Waals surface area contributed by atoms with Crippen LogP contribution in [-0.4, -0.2) is 22.3 Å². The van der Waals surface area contributed by atoms with Gasteiger partial charge in [-0.2, -0.15) is 11.8 Å². The lowest BCUT2D eigenvalue weighted by molar-refractivity contribution is 0.354. The fourth-order valence-corrected chi connectivity index (χ4v) is 3.70. The van der Waals surface area contributed by atoms with E-state index in [-0.39, 0.29) is 5.69 Å². The molecule has 0 atom stereocenters. The van der Waals surface area contributed by atoms with Gasteiger partial charge in [0.15, 0.2) is 5.06 Å². The molecule has 6 heteroatoms. The zero-order valence-electron chi connectivity index (χ0n) is 12.6. The van der Waals surface area contributed by atoms with Crippen LogP contribution in [0.15, 0.2) is 52.8 Å². The quantitative estimate of drug-likeness (QED) is 0.612. The van der Waals surface area contributed by atoms with Crippen molar-refractivity contribution in [2.45, 2.75) is 12.2 Å². The Balaban J connectivity index is 1.38. The number of ether oxygens (including phenoxy) is 1. The molecule has 0 radical (unpaired) electrons. The van der Waals surface area contributed by atoms with Gasteiger partial charge in [0, 0.05) is 23.4 Å². The van der Waals surface area contributed by atoms with Crippen LogP contribution in [-0.2, 0) is 12.2 Å². The third kappa shape index (κ3) is 5.04. The molecule has 1 aromatic carbocycles. The van der Waals surface area contributed by atoms with Gasteiger partial charge in [-0.25, -0.2) is 4.79 Å². The Morgan fingerprint density at radius 1 is 1.17 bits per heavy atom. The first-order chi connectivity index (χ1) is 11.3.